The Labute approximate surface area is 174 Å². The minimum atomic E-state index is -3.47. The van der Waals surface area contributed by atoms with Crippen LogP contribution in [0.1, 0.15) is 44.9 Å². The summed E-state index contributed by atoms with van der Waals surface area (Å²) in [6, 6.07) is 16.1. The molecule has 0 bridgehead atoms. The Bertz CT molecular complexity index is 879. The predicted molar refractivity (Wildman–Crippen MR) is 116 cm³/mol. The second-order valence-corrected chi connectivity index (χ2v) is 8.91. The van der Waals surface area contributed by atoms with Crippen LogP contribution in [0, 0.1) is 0 Å². The standard InChI is InChI=1S/C22H31N3O3S/c1-5-25(6-2)29(27,28)21-14-12-20(13-15-21)17(3)24-18(4)22(26)23-16-19-10-8-7-9-11-19/h7-15,17-18,24H,5-6,16H2,1-4H3,(H,23,26)/t17-,18-/m1/s1. The van der Waals surface area contributed by atoms with E-state index in [-0.39, 0.29) is 22.9 Å². The van der Waals surface area contributed by atoms with Gasteiger partial charge in [-0.15, -0.1) is 0 Å². The number of carbonyl (C=O) groups excluding carboxylic acids is 1. The van der Waals surface area contributed by atoms with Gasteiger partial charge in [0.05, 0.1) is 10.9 Å². The summed E-state index contributed by atoms with van der Waals surface area (Å²) >= 11 is 0. The monoisotopic (exact) mass is 417 g/mol. The van der Waals surface area contributed by atoms with E-state index in [1.807, 2.05) is 58.0 Å². The third kappa shape index (κ3) is 6.13. The maximum atomic E-state index is 12.6. The molecular formula is C22H31N3O3S. The summed E-state index contributed by atoms with van der Waals surface area (Å²) in [5, 5.41) is 6.19. The summed E-state index contributed by atoms with van der Waals surface area (Å²) in [5.74, 6) is -0.0820. The topological polar surface area (TPSA) is 78.5 Å². The highest BCUT2D eigenvalue weighted by Gasteiger charge is 2.22. The van der Waals surface area contributed by atoms with Crippen molar-refractivity contribution in [2.24, 2.45) is 0 Å². The number of sulfonamides is 1. The number of nitrogens with one attached hydrogen (secondary N) is 2. The zero-order valence-corrected chi connectivity index (χ0v) is 18.4. The highest BCUT2D eigenvalue weighted by molar-refractivity contribution is 7.89. The molecule has 2 aromatic carbocycles. The lowest BCUT2D eigenvalue weighted by atomic mass is 10.1. The van der Waals surface area contributed by atoms with E-state index in [4.69, 9.17) is 0 Å². The molecule has 2 atom stereocenters. The first-order valence-electron chi connectivity index (χ1n) is 9.97. The average molecular weight is 418 g/mol. The van der Waals surface area contributed by atoms with Crippen molar-refractivity contribution in [1.82, 2.24) is 14.9 Å². The van der Waals surface area contributed by atoms with Crippen LogP contribution in [0.15, 0.2) is 59.5 Å². The summed E-state index contributed by atoms with van der Waals surface area (Å²) in [6.07, 6.45) is 0. The van der Waals surface area contributed by atoms with Crippen LogP contribution in [0.25, 0.3) is 0 Å². The van der Waals surface area contributed by atoms with Crippen LogP contribution in [0.5, 0.6) is 0 Å². The van der Waals surface area contributed by atoms with Gasteiger partial charge in [0, 0.05) is 25.7 Å². The van der Waals surface area contributed by atoms with Gasteiger partial charge in [0.15, 0.2) is 0 Å². The molecule has 0 heterocycles. The zero-order valence-electron chi connectivity index (χ0n) is 17.6. The Kier molecular flexibility index (Phi) is 8.37. The van der Waals surface area contributed by atoms with Crippen LogP contribution in [0.4, 0.5) is 0 Å². The summed E-state index contributed by atoms with van der Waals surface area (Å²) in [4.78, 5) is 12.6. The fraction of sp³-hybridized carbons (Fsp3) is 0.409. The maximum Gasteiger partial charge on any atom is 0.243 e. The van der Waals surface area contributed by atoms with Gasteiger partial charge in [-0.2, -0.15) is 4.31 Å². The number of rotatable bonds is 10. The van der Waals surface area contributed by atoms with Crippen LogP contribution < -0.4 is 10.6 Å². The molecule has 7 heteroatoms. The van der Waals surface area contributed by atoms with Gasteiger partial charge >= 0.3 is 0 Å². The number of hydrogen-bond donors (Lipinski definition) is 2. The molecule has 2 rings (SSSR count). The molecule has 0 unspecified atom stereocenters. The smallest absolute Gasteiger partial charge is 0.243 e. The van der Waals surface area contributed by atoms with Gasteiger partial charge in [0.2, 0.25) is 15.9 Å². The molecule has 0 aliphatic heterocycles. The largest absolute Gasteiger partial charge is 0.351 e. The second-order valence-electron chi connectivity index (χ2n) is 6.97. The van der Waals surface area contributed by atoms with Crippen molar-refractivity contribution in [3.8, 4) is 0 Å². The molecule has 2 N–H and O–H groups in total. The maximum absolute atomic E-state index is 12.6. The highest BCUT2D eigenvalue weighted by atomic mass is 32.2. The molecule has 2 aromatic rings. The van der Waals surface area contributed by atoms with Gasteiger partial charge in [0.1, 0.15) is 0 Å². The van der Waals surface area contributed by atoms with E-state index in [0.717, 1.165) is 11.1 Å². The van der Waals surface area contributed by atoms with Crippen molar-refractivity contribution in [3.05, 3.63) is 65.7 Å². The van der Waals surface area contributed by atoms with Crippen molar-refractivity contribution < 1.29 is 13.2 Å². The fourth-order valence-electron chi connectivity index (χ4n) is 3.13. The Balaban J connectivity index is 1.96. The van der Waals surface area contributed by atoms with Crippen LogP contribution in [-0.4, -0.2) is 37.8 Å². The van der Waals surface area contributed by atoms with Crippen molar-refractivity contribution in [3.63, 3.8) is 0 Å². The molecule has 0 saturated heterocycles. The Morgan fingerprint density at radius 3 is 2.10 bits per heavy atom. The fourth-order valence-corrected chi connectivity index (χ4v) is 4.58. The summed E-state index contributed by atoms with van der Waals surface area (Å²) in [5.41, 5.74) is 1.97. The van der Waals surface area contributed by atoms with Crippen LogP contribution >= 0.6 is 0 Å². The molecular weight excluding hydrogens is 386 g/mol. The minimum absolute atomic E-state index is 0.0820. The molecule has 158 valence electrons. The van der Waals surface area contributed by atoms with Crippen LogP contribution in [0.2, 0.25) is 0 Å². The van der Waals surface area contributed by atoms with Crippen molar-refractivity contribution >= 4 is 15.9 Å². The second kappa shape index (κ2) is 10.5. The number of carbonyl (C=O) groups is 1. The number of hydrogen-bond acceptors (Lipinski definition) is 4. The summed E-state index contributed by atoms with van der Waals surface area (Å²) < 4.78 is 26.6. The van der Waals surface area contributed by atoms with Crippen molar-refractivity contribution in [1.29, 1.82) is 0 Å². The van der Waals surface area contributed by atoms with Crippen molar-refractivity contribution in [2.45, 2.75) is 51.2 Å². The van der Waals surface area contributed by atoms with Crippen LogP contribution in [-0.2, 0) is 21.4 Å². The van der Waals surface area contributed by atoms with Crippen molar-refractivity contribution in [2.75, 3.05) is 13.1 Å². The van der Waals surface area contributed by atoms with Gasteiger partial charge in [-0.25, -0.2) is 8.42 Å². The molecule has 0 aliphatic carbocycles. The molecule has 0 fully saturated rings. The van der Waals surface area contributed by atoms with Gasteiger partial charge in [-0.3, -0.25) is 10.1 Å². The van der Waals surface area contributed by atoms with E-state index in [2.05, 4.69) is 10.6 Å². The lowest BCUT2D eigenvalue weighted by molar-refractivity contribution is -0.123. The van der Waals surface area contributed by atoms with Gasteiger partial charge in [-0.1, -0.05) is 56.3 Å². The number of amides is 1. The first kappa shape index (κ1) is 23.1. The molecule has 0 radical (unpaired) electrons. The van der Waals surface area contributed by atoms with Gasteiger partial charge in [0.25, 0.3) is 0 Å². The number of nitrogens with zero attached hydrogens (tertiary/aromatic N) is 1. The lowest BCUT2D eigenvalue weighted by Gasteiger charge is -2.21. The predicted octanol–water partition coefficient (Wildman–Crippen LogP) is 3.07. The average Bonchev–Trinajstić information content (AvgIpc) is 2.73. The molecule has 0 spiro atoms. The van der Waals surface area contributed by atoms with E-state index in [9.17, 15) is 13.2 Å². The quantitative estimate of drug-likeness (QED) is 0.623. The van der Waals surface area contributed by atoms with Gasteiger partial charge < -0.3 is 5.32 Å². The first-order valence-corrected chi connectivity index (χ1v) is 11.4. The molecule has 1 amide bonds. The molecule has 0 saturated carbocycles. The Morgan fingerprint density at radius 2 is 1.55 bits per heavy atom. The third-order valence-electron chi connectivity index (χ3n) is 4.93. The minimum Gasteiger partial charge on any atom is -0.351 e. The molecule has 0 aliphatic rings. The van der Waals surface area contributed by atoms with E-state index < -0.39 is 10.0 Å². The highest BCUT2D eigenvalue weighted by Crippen LogP contribution is 2.19. The number of benzene rings is 2. The summed E-state index contributed by atoms with van der Waals surface area (Å²) in [6.45, 7) is 8.78. The summed E-state index contributed by atoms with van der Waals surface area (Å²) in [7, 11) is -3.47. The lowest BCUT2D eigenvalue weighted by Crippen LogP contribution is -2.42. The molecule has 6 nitrogen and oxygen atoms in total. The third-order valence-corrected chi connectivity index (χ3v) is 6.99. The molecule has 29 heavy (non-hydrogen) atoms. The normalized spacial score (nSPS) is 13.8. The van der Waals surface area contributed by atoms with E-state index in [0.29, 0.717) is 19.6 Å². The van der Waals surface area contributed by atoms with Gasteiger partial charge in [-0.05, 0) is 37.1 Å². The Hall–Kier alpha value is -2.22. The van der Waals surface area contributed by atoms with E-state index >= 15 is 0 Å². The first-order chi connectivity index (χ1) is 13.8. The molecule has 0 aromatic heterocycles. The Morgan fingerprint density at radius 1 is 0.966 bits per heavy atom. The zero-order chi connectivity index (χ0) is 21.4. The van der Waals surface area contributed by atoms with E-state index in [1.165, 1.54) is 4.31 Å². The SMILES string of the molecule is CCN(CC)S(=O)(=O)c1ccc([C@@H](C)N[C@H](C)C(=O)NCc2ccccc2)cc1. The van der Waals surface area contributed by atoms with E-state index in [1.54, 1.807) is 24.3 Å². The van der Waals surface area contributed by atoms with Crippen LogP contribution in [0.3, 0.4) is 0 Å².